The summed E-state index contributed by atoms with van der Waals surface area (Å²) in [5, 5.41) is 11.7. The van der Waals surface area contributed by atoms with E-state index in [0.717, 1.165) is 16.3 Å². The van der Waals surface area contributed by atoms with Crippen molar-refractivity contribution in [3.8, 4) is 5.69 Å². The van der Waals surface area contributed by atoms with Gasteiger partial charge in [0.25, 0.3) is 0 Å². The first-order chi connectivity index (χ1) is 14.3. The molecule has 1 aromatic heterocycles. The van der Waals surface area contributed by atoms with Crippen LogP contribution in [0.4, 0.5) is 18.9 Å². The number of benzene rings is 2. The van der Waals surface area contributed by atoms with Crippen LogP contribution in [0.25, 0.3) is 5.69 Å². The molecular formula is C19H16ClF3N4O3S. The van der Waals surface area contributed by atoms with Crippen LogP contribution in [-0.2, 0) is 27.4 Å². The maximum absolute atomic E-state index is 12.8. The summed E-state index contributed by atoms with van der Waals surface area (Å²) in [4.78, 5) is 11.9. The number of sulfonamides is 1. The van der Waals surface area contributed by atoms with Crippen molar-refractivity contribution in [2.75, 3.05) is 5.32 Å². The van der Waals surface area contributed by atoms with Crippen molar-refractivity contribution < 1.29 is 26.4 Å². The number of nitrogens with two attached hydrogens (primary N) is 1. The second-order valence-electron chi connectivity index (χ2n) is 6.72. The predicted molar refractivity (Wildman–Crippen MR) is 108 cm³/mol. The molecule has 1 amide bonds. The van der Waals surface area contributed by atoms with Gasteiger partial charge in [-0.2, -0.15) is 18.3 Å². The van der Waals surface area contributed by atoms with Crippen molar-refractivity contribution in [2.45, 2.75) is 24.4 Å². The number of anilines is 1. The lowest BCUT2D eigenvalue weighted by Crippen LogP contribution is -2.18. The lowest BCUT2D eigenvalue weighted by Gasteiger charge is -2.12. The third-order valence-corrected chi connectivity index (χ3v) is 5.57. The molecule has 0 saturated heterocycles. The van der Waals surface area contributed by atoms with Gasteiger partial charge in [0.05, 0.1) is 23.9 Å². The normalized spacial score (nSPS) is 12.1. The van der Waals surface area contributed by atoms with Crippen LogP contribution in [0, 0.1) is 6.92 Å². The molecule has 12 heteroatoms. The van der Waals surface area contributed by atoms with Gasteiger partial charge in [0.2, 0.25) is 15.9 Å². The number of primary sulfonamides is 1. The summed E-state index contributed by atoms with van der Waals surface area (Å²) in [5.74, 6) is -0.473. The lowest BCUT2D eigenvalue weighted by atomic mass is 10.1. The number of carbonyl (C=O) groups excluding carboxylic acids is 1. The molecule has 164 valence electrons. The SMILES string of the molecule is Cc1ccc(Cl)c(CC(=O)Nc2ccc(-n3cc(C(F)(F)F)cn3)c(S(N)(=O)=O)c2)c1. The van der Waals surface area contributed by atoms with Gasteiger partial charge in [0.15, 0.2) is 0 Å². The molecule has 0 aliphatic rings. The van der Waals surface area contributed by atoms with E-state index in [-0.39, 0.29) is 17.8 Å². The van der Waals surface area contributed by atoms with Crippen molar-refractivity contribution in [3.05, 3.63) is 70.5 Å². The van der Waals surface area contributed by atoms with E-state index in [4.69, 9.17) is 16.7 Å². The molecule has 2 aromatic carbocycles. The van der Waals surface area contributed by atoms with E-state index in [0.29, 0.717) is 23.0 Å². The fraction of sp³-hybridized carbons (Fsp3) is 0.158. The quantitative estimate of drug-likeness (QED) is 0.590. The van der Waals surface area contributed by atoms with E-state index in [9.17, 15) is 26.4 Å². The molecule has 0 aliphatic carbocycles. The van der Waals surface area contributed by atoms with Gasteiger partial charge in [-0.3, -0.25) is 4.79 Å². The van der Waals surface area contributed by atoms with Crippen LogP contribution in [0.5, 0.6) is 0 Å². The van der Waals surface area contributed by atoms with E-state index in [1.165, 1.54) is 12.1 Å². The summed E-state index contributed by atoms with van der Waals surface area (Å²) in [6.45, 7) is 1.84. The minimum Gasteiger partial charge on any atom is -0.326 e. The predicted octanol–water partition coefficient (Wildman–Crippen LogP) is 3.68. The van der Waals surface area contributed by atoms with Crippen LogP contribution in [0.3, 0.4) is 0 Å². The highest BCUT2D eigenvalue weighted by Crippen LogP contribution is 2.30. The Labute approximate surface area is 180 Å². The highest BCUT2D eigenvalue weighted by Gasteiger charge is 2.32. The third-order valence-electron chi connectivity index (χ3n) is 4.26. The summed E-state index contributed by atoms with van der Waals surface area (Å²) in [6.07, 6.45) is -3.51. The Balaban J connectivity index is 1.91. The van der Waals surface area contributed by atoms with Gasteiger partial charge in [-0.15, -0.1) is 0 Å². The zero-order valence-electron chi connectivity index (χ0n) is 15.9. The Kier molecular flexibility index (Phi) is 6.12. The van der Waals surface area contributed by atoms with Crippen molar-refractivity contribution in [2.24, 2.45) is 5.14 Å². The van der Waals surface area contributed by atoms with Crippen molar-refractivity contribution in [1.29, 1.82) is 0 Å². The molecule has 1 heterocycles. The molecule has 31 heavy (non-hydrogen) atoms. The highest BCUT2D eigenvalue weighted by molar-refractivity contribution is 7.89. The second kappa shape index (κ2) is 8.33. The molecule has 0 fully saturated rings. The Bertz CT molecular complexity index is 1260. The molecular weight excluding hydrogens is 457 g/mol. The van der Waals surface area contributed by atoms with Crippen molar-refractivity contribution >= 4 is 33.2 Å². The number of alkyl halides is 3. The maximum atomic E-state index is 12.8. The lowest BCUT2D eigenvalue weighted by molar-refractivity contribution is -0.137. The molecule has 3 rings (SSSR count). The molecule has 7 nitrogen and oxygen atoms in total. The number of amides is 1. The van der Waals surface area contributed by atoms with E-state index >= 15 is 0 Å². The molecule has 0 atom stereocenters. The number of halogens is 4. The number of nitrogens with zero attached hydrogens (tertiary/aromatic N) is 2. The molecule has 0 spiro atoms. The molecule has 0 radical (unpaired) electrons. The fourth-order valence-electron chi connectivity index (χ4n) is 2.83. The van der Waals surface area contributed by atoms with E-state index < -0.39 is 32.6 Å². The minimum absolute atomic E-state index is 0.0684. The average Bonchev–Trinajstić information content (AvgIpc) is 3.14. The van der Waals surface area contributed by atoms with Crippen LogP contribution < -0.4 is 10.5 Å². The number of nitrogens with one attached hydrogen (secondary N) is 1. The van der Waals surface area contributed by atoms with Crippen LogP contribution in [-0.4, -0.2) is 24.1 Å². The molecule has 0 aliphatic heterocycles. The summed E-state index contributed by atoms with van der Waals surface area (Å²) < 4.78 is 63.3. The second-order valence-corrected chi connectivity index (χ2v) is 8.66. The number of hydrogen-bond donors (Lipinski definition) is 2. The minimum atomic E-state index is -4.65. The Morgan fingerprint density at radius 1 is 1.23 bits per heavy atom. The third kappa shape index (κ3) is 5.43. The first-order valence-electron chi connectivity index (χ1n) is 8.68. The van der Waals surface area contributed by atoms with Gasteiger partial charge in [0, 0.05) is 16.9 Å². The van der Waals surface area contributed by atoms with E-state index in [2.05, 4.69) is 10.4 Å². The van der Waals surface area contributed by atoms with Crippen LogP contribution >= 0.6 is 11.6 Å². The first kappa shape index (κ1) is 22.8. The van der Waals surface area contributed by atoms with Gasteiger partial charge < -0.3 is 5.32 Å². The standard InChI is InChI=1S/C19H16ClF3N4O3S/c1-11-2-4-15(20)12(6-11)7-18(28)26-14-3-5-16(17(8-14)31(24,29)30)27-10-13(9-25-27)19(21,22)23/h2-6,8-10H,7H2,1H3,(H,26,28)(H2,24,29,30). The first-order valence-corrected chi connectivity index (χ1v) is 10.6. The van der Waals surface area contributed by atoms with Gasteiger partial charge in [0.1, 0.15) is 4.90 Å². The Hall–Kier alpha value is -2.89. The highest BCUT2D eigenvalue weighted by atomic mass is 35.5. The average molecular weight is 473 g/mol. The zero-order valence-corrected chi connectivity index (χ0v) is 17.5. The smallest absolute Gasteiger partial charge is 0.326 e. The largest absolute Gasteiger partial charge is 0.419 e. The summed E-state index contributed by atoms with van der Waals surface area (Å²) in [7, 11) is -4.35. The summed E-state index contributed by atoms with van der Waals surface area (Å²) >= 11 is 6.09. The van der Waals surface area contributed by atoms with Crippen LogP contribution in [0.1, 0.15) is 16.7 Å². The number of aromatic nitrogens is 2. The van der Waals surface area contributed by atoms with Crippen molar-refractivity contribution in [1.82, 2.24) is 9.78 Å². The van der Waals surface area contributed by atoms with E-state index in [1.807, 2.05) is 6.92 Å². The molecule has 0 saturated carbocycles. The topological polar surface area (TPSA) is 107 Å². The van der Waals surface area contributed by atoms with E-state index in [1.54, 1.807) is 18.2 Å². The Morgan fingerprint density at radius 3 is 2.55 bits per heavy atom. The molecule has 3 N–H and O–H groups in total. The molecule has 3 aromatic rings. The molecule has 0 bridgehead atoms. The number of carbonyl (C=O) groups is 1. The maximum Gasteiger partial charge on any atom is 0.419 e. The van der Waals surface area contributed by atoms with Gasteiger partial charge in [-0.05, 0) is 36.8 Å². The summed E-state index contributed by atoms with van der Waals surface area (Å²) in [6, 6.07) is 8.77. The van der Waals surface area contributed by atoms with Crippen LogP contribution in [0.15, 0.2) is 53.7 Å². The number of aryl methyl sites for hydroxylation is 1. The van der Waals surface area contributed by atoms with Gasteiger partial charge >= 0.3 is 6.18 Å². The number of hydrogen-bond acceptors (Lipinski definition) is 4. The molecule has 0 unspecified atom stereocenters. The van der Waals surface area contributed by atoms with Gasteiger partial charge in [-0.1, -0.05) is 29.3 Å². The van der Waals surface area contributed by atoms with Gasteiger partial charge in [-0.25, -0.2) is 18.2 Å². The zero-order chi connectivity index (χ0) is 23.0. The number of rotatable bonds is 5. The fourth-order valence-corrected chi connectivity index (χ4v) is 3.76. The summed E-state index contributed by atoms with van der Waals surface area (Å²) in [5.41, 5.74) is 0.326. The van der Waals surface area contributed by atoms with Crippen LogP contribution in [0.2, 0.25) is 5.02 Å². The monoisotopic (exact) mass is 472 g/mol. The Morgan fingerprint density at radius 2 is 1.94 bits per heavy atom. The van der Waals surface area contributed by atoms with Crippen molar-refractivity contribution in [3.63, 3.8) is 0 Å².